The van der Waals surface area contributed by atoms with E-state index in [0.717, 1.165) is 38.9 Å². The third kappa shape index (κ3) is 4.18. The van der Waals surface area contributed by atoms with E-state index in [0.29, 0.717) is 5.92 Å². The van der Waals surface area contributed by atoms with Crippen LogP contribution in [0, 0.1) is 11.3 Å². The Bertz CT molecular complexity index is 304. The number of carbonyl (C=O) groups is 1. The number of carbonyl (C=O) groups excluding carboxylic acids is 1. The van der Waals surface area contributed by atoms with Gasteiger partial charge in [0.1, 0.15) is 0 Å². The summed E-state index contributed by atoms with van der Waals surface area (Å²) in [6, 6.07) is 0.0222. The summed E-state index contributed by atoms with van der Waals surface area (Å²) in [5, 5.41) is 0. The Kier molecular flexibility index (Phi) is 5.81. The van der Waals surface area contributed by atoms with Gasteiger partial charge in [-0.15, -0.1) is 0 Å². The smallest absolute Gasteiger partial charge is 0.230 e. The lowest BCUT2D eigenvalue weighted by Crippen LogP contribution is -2.51. The Balaban J connectivity index is 2.75. The molecule has 1 aliphatic rings. The monoisotopic (exact) mass is 269 g/mol. The Morgan fingerprint density at radius 1 is 1.37 bits per heavy atom. The lowest BCUT2D eigenvalue weighted by Gasteiger charge is -2.36. The number of hydrogen-bond acceptors (Lipinski definition) is 3. The fraction of sp³-hybridized carbons (Fsp3) is 0.933. The first-order valence-corrected chi connectivity index (χ1v) is 7.47. The molecule has 0 bridgehead atoms. The van der Waals surface area contributed by atoms with Crippen molar-refractivity contribution in [2.24, 2.45) is 17.1 Å². The maximum Gasteiger partial charge on any atom is 0.230 e. The first-order valence-electron chi connectivity index (χ1n) is 7.47. The summed E-state index contributed by atoms with van der Waals surface area (Å²) >= 11 is 0. The molecule has 1 fully saturated rings. The van der Waals surface area contributed by atoms with Gasteiger partial charge in [0, 0.05) is 25.7 Å². The van der Waals surface area contributed by atoms with Crippen LogP contribution < -0.4 is 5.73 Å². The summed E-state index contributed by atoms with van der Waals surface area (Å²) in [7, 11) is 4.09. The number of nitrogens with zero attached hydrogens (tertiary/aromatic N) is 2. The van der Waals surface area contributed by atoms with Crippen molar-refractivity contribution in [2.45, 2.75) is 46.1 Å². The van der Waals surface area contributed by atoms with Crippen molar-refractivity contribution in [2.75, 3.05) is 33.7 Å². The molecule has 4 heteroatoms. The summed E-state index contributed by atoms with van der Waals surface area (Å²) in [5.41, 5.74) is 5.83. The third-order valence-corrected chi connectivity index (χ3v) is 4.21. The first kappa shape index (κ1) is 16.4. The van der Waals surface area contributed by atoms with E-state index in [4.69, 9.17) is 5.73 Å². The molecule has 0 aromatic heterocycles. The van der Waals surface area contributed by atoms with Crippen LogP contribution in [0.2, 0.25) is 0 Å². The molecule has 1 aliphatic carbocycles. The quantitative estimate of drug-likeness (QED) is 0.796. The van der Waals surface area contributed by atoms with E-state index in [-0.39, 0.29) is 17.4 Å². The Morgan fingerprint density at radius 2 is 2.00 bits per heavy atom. The van der Waals surface area contributed by atoms with Gasteiger partial charge in [-0.2, -0.15) is 0 Å². The van der Waals surface area contributed by atoms with Crippen molar-refractivity contribution in [3.63, 3.8) is 0 Å². The third-order valence-electron chi connectivity index (χ3n) is 4.21. The molecule has 112 valence electrons. The lowest BCUT2D eigenvalue weighted by atomic mass is 9.83. The second-order valence-corrected chi connectivity index (χ2v) is 6.86. The highest BCUT2D eigenvalue weighted by molar-refractivity contribution is 5.83. The summed E-state index contributed by atoms with van der Waals surface area (Å²) in [5.74, 6) is 0.750. The average molecular weight is 269 g/mol. The Hall–Kier alpha value is -0.610. The van der Waals surface area contributed by atoms with Crippen LogP contribution in [0.25, 0.3) is 0 Å². The van der Waals surface area contributed by atoms with Crippen molar-refractivity contribution >= 4 is 5.91 Å². The normalized spacial score (nSPS) is 27.3. The SMILES string of the molecule is CC(C)CN(CCN(C)C)C(=O)C1(C)CCCC1N. The van der Waals surface area contributed by atoms with Crippen molar-refractivity contribution in [1.29, 1.82) is 0 Å². The molecule has 4 nitrogen and oxygen atoms in total. The molecule has 0 saturated heterocycles. The summed E-state index contributed by atoms with van der Waals surface area (Å²) in [6.45, 7) is 8.90. The highest BCUT2D eigenvalue weighted by Crippen LogP contribution is 2.38. The zero-order valence-electron chi connectivity index (χ0n) is 13.3. The number of nitrogens with two attached hydrogens (primary N) is 1. The van der Waals surface area contributed by atoms with Crippen molar-refractivity contribution in [1.82, 2.24) is 9.80 Å². The van der Waals surface area contributed by atoms with Crippen molar-refractivity contribution in [3.8, 4) is 0 Å². The van der Waals surface area contributed by atoms with Crippen LogP contribution in [0.5, 0.6) is 0 Å². The van der Waals surface area contributed by atoms with E-state index < -0.39 is 0 Å². The molecule has 19 heavy (non-hydrogen) atoms. The largest absolute Gasteiger partial charge is 0.341 e. The van der Waals surface area contributed by atoms with Crippen LogP contribution in [0.15, 0.2) is 0 Å². The molecule has 2 N–H and O–H groups in total. The summed E-state index contributed by atoms with van der Waals surface area (Å²) in [4.78, 5) is 17.0. The summed E-state index contributed by atoms with van der Waals surface area (Å²) in [6.07, 6.45) is 2.99. The topological polar surface area (TPSA) is 49.6 Å². The van der Waals surface area contributed by atoms with E-state index in [1.165, 1.54) is 0 Å². The Labute approximate surface area is 118 Å². The number of likely N-dealkylation sites (N-methyl/N-ethyl adjacent to an activating group) is 1. The van der Waals surface area contributed by atoms with E-state index in [2.05, 4.69) is 25.7 Å². The molecule has 1 saturated carbocycles. The highest BCUT2D eigenvalue weighted by Gasteiger charge is 2.44. The van der Waals surface area contributed by atoms with Gasteiger partial charge in [-0.05, 0) is 39.8 Å². The molecule has 0 heterocycles. The first-order chi connectivity index (χ1) is 8.77. The van der Waals surface area contributed by atoms with E-state index in [1.54, 1.807) is 0 Å². The molecule has 0 radical (unpaired) electrons. The van der Waals surface area contributed by atoms with Crippen LogP contribution in [0.1, 0.15) is 40.0 Å². The lowest BCUT2D eigenvalue weighted by molar-refractivity contribution is -0.142. The molecule has 1 amide bonds. The van der Waals surface area contributed by atoms with Gasteiger partial charge in [-0.3, -0.25) is 4.79 Å². The zero-order valence-corrected chi connectivity index (χ0v) is 13.3. The number of hydrogen-bond donors (Lipinski definition) is 1. The molecule has 2 unspecified atom stereocenters. The summed E-state index contributed by atoms with van der Waals surface area (Å²) < 4.78 is 0. The van der Waals surface area contributed by atoms with E-state index in [1.807, 2.05) is 19.0 Å². The van der Waals surface area contributed by atoms with Gasteiger partial charge in [0.2, 0.25) is 5.91 Å². The minimum atomic E-state index is -0.346. The molecule has 0 spiro atoms. The fourth-order valence-corrected chi connectivity index (χ4v) is 2.86. The molecule has 0 aliphatic heterocycles. The van der Waals surface area contributed by atoms with Gasteiger partial charge in [0.05, 0.1) is 5.41 Å². The second-order valence-electron chi connectivity index (χ2n) is 6.86. The van der Waals surface area contributed by atoms with Gasteiger partial charge in [-0.1, -0.05) is 20.3 Å². The standard InChI is InChI=1S/C15H31N3O/c1-12(2)11-18(10-9-17(4)5)14(19)15(3)8-6-7-13(15)16/h12-13H,6-11,16H2,1-5H3. The molecule has 0 aromatic carbocycles. The predicted octanol–water partition coefficient (Wildman–Crippen LogP) is 1.55. The van der Waals surface area contributed by atoms with E-state index in [9.17, 15) is 4.79 Å². The molecule has 0 aromatic rings. The Morgan fingerprint density at radius 3 is 2.42 bits per heavy atom. The maximum atomic E-state index is 12.9. The molecular formula is C15H31N3O. The van der Waals surface area contributed by atoms with Crippen LogP contribution in [0.3, 0.4) is 0 Å². The van der Waals surface area contributed by atoms with Gasteiger partial charge in [0.25, 0.3) is 0 Å². The van der Waals surface area contributed by atoms with Crippen LogP contribution in [-0.4, -0.2) is 55.5 Å². The minimum Gasteiger partial charge on any atom is -0.341 e. The van der Waals surface area contributed by atoms with Crippen molar-refractivity contribution in [3.05, 3.63) is 0 Å². The van der Waals surface area contributed by atoms with Gasteiger partial charge in [0.15, 0.2) is 0 Å². The van der Waals surface area contributed by atoms with Gasteiger partial charge < -0.3 is 15.5 Å². The van der Waals surface area contributed by atoms with Gasteiger partial charge in [-0.25, -0.2) is 0 Å². The number of rotatable bonds is 6. The van der Waals surface area contributed by atoms with Crippen LogP contribution in [0.4, 0.5) is 0 Å². The predicted molar refractivity (Wildman–Crippen MR) is 79.9 cm³/mol. The molecule has 1 rings (SSSR count). The average Bonchev–Trinajstić information content (AvgIpc) is 2.64. The van der Waals surface area contributed by atoms with Crippen molar-refractivity contribution < 1.29 is 4.79 Å². The molecular weight excluding hydrogens is 238 g/mol. The minimum absolute atomic E-state index is 0.0222. The zero-order chi connectivity index (χ0) is 14.6. The van der Waals surface area contributed by atoms with Crippen LogP contribution in [-0.2, 0) is 4.79 Å². The molecule has 2 atom stereocenters. The van der Waals surface area contributed by atoms with Crippen LogP contribution >= 0.6 is 0 Å². The van der Waals surface area contributed by atoms with E-state index >= 15 is 0 Å². The fourth-order valence-electron chi connectivity index (χ4n) is 2.86. The second kappa shape index (κ2) is 6.71. The highest BCUT2D eigenvalue weighted by atomic mass is 16.2. The number of amides is 1. The van der Waals surface area contributed by atoms with Gasteiger partial charge >= 0.3 is 0 Å². The maximum absolute atomic E-state index is 12.9.